The van der Waals surface area contributed by atoms with Crippen LogP contribution in [-0.4, -0.2) is 38.3 Å². The molecule has 0 aliphatic heterocycles. The van der Waals surface area contributed by atoms with Crippen LogP contribution in [0.25, 0.3) is 0 Å². The van der Waals surface area contributed by atoms with Gasteiger partial charge in [0.1, 0.15) is 11.6 Å². The maximum atomic E-state index is 5.26. The molecule has 4 heteroatoms. The Hall–Kier alpha value is -1.29. The molecule has 90 valence electrons. The van der Waals surface area contributed by atoms with Crippen molar-refractivity contribution in [2.45, 2.75) is 26.0 Å². The summed E-state index contributed by atoms with van der Waals surface area (Å²) in [6, 6.07) is 6.17. The van der Waals surface area contributed by atoms with E-state index in [1.165, 1.54) is 0 Å². The number of pyridine rings is 1. The molecule has 0 aliphatic rings. The van der Waals surface area contributed by atoms with Crippen LogP contribution in [0.1, 0.15) is 13.8 Å². The summed E-state index contributed by atoms with van der Waals surface area (Å²) in [5.41, 5.74) is 0. The predicted octanol–water partition coefficient (Wildman–Crippen LogP) is 1.98. The fraction of sp³-hybridized carbons (Fsp3) is 0.583. The third-order valence-electron chi connectivity index (χ3n) is 2.64. The van der Waals surface area contributed by atoms with Gasteiger partial charge in [0.25, 0.3) is 0 Å². The summed E-state index contributed by atoms with van der Waals surface area (Å²) in [6.45, 7) is 4.12. The van der Waals surface area contributed by atoms with Gasteiger partial charge in [-0.05, 0) is 26.0 Å². The molecule has 0 fully saturated rings. The van der Waals surface area contributed by atoms with Crippen LogP contribution in [0.15, 0.2) is 18.2 Å². The Labute approximate surface area is 97.6 Å². The van der Waals surface area contributed by atoms with Gasteiger partial charge in [0.15, 0.2) is 0 Å². The van der Waals surface area contributed by atoms with E-state index in [-0.39, 0.29) is 12.1 Å². The summed E-state index contributed by atoms with van der Waals surface area (Å²) in [6.07, 6.45) is 0.157. The molecule has 0 saturated carbocycles. The van der Waals surface area contributed by atoms with Crippen molar-refractivity contribution in [3.8, 4) is 0 Å². The van der Waals surface area contributed by atoms with E-state index >= 15 is 0 Å². The lowest BCUT2D eigenvalue weighted by Crippen LogP contribution is -2.30. The van der Waals surface area contributed by atoms with Gasteiger partial charge in [-0.15, -0.1) is 0 Å². The molecule has 1 aromatic rings. The largest absolute Gasteiger partial charge is 0.380 e. The summed E-state index contributed by atoms with van der Waals surface area (Å²) in [7, 11) is 5.67. The van der Waals surface area contributed by atoms with Crippen LogP contribution in [0.2, 0.25) is 0 Å². The molecule has 0 spiro atoms. The molecule has 1 rings (SSSR count). The van der Waals surface area contributed by atoms with E-state index in [0.29, 0.717) is 0 Å². The number of hydrogen-bond acceptors (Lipinski definition) is 4. The Morgan fingerprint density at radius 3 is 2.56 bits per heavy atom. The molecule has 1 heterocycles. The lowest BCUT2D eigenvalue weighted by atomic mass is 10.2. The monoisotopic (exact) mass is 223 g/mol. The van der Waals surface area contributed by atoms with Gasteiger partial charge in [-0.2, -0.15) is 0 Å². The zero-order chi connectivity index (χ0) is 12.1. The Kier molecular flexibility index (Phi) is 4.55. The van der Waals surface area contributed by atoms with Crippen LogP contribution in [-0.2, 0) is 4.74 Å². The molecular weight excluding hydrogens is 202 g/mol. The first-order valence-corrected chi connectivity index (χ1v) is 5.48. The smallest absolute Gasteiger partial charge is 0.130 e. The van der Waals surface area contributed by atoms with Crippen LogP contribution in [0, 0.1) is 0 Å². The van der Waals surface area contributed by atoms with Crippen molar-refractivity contribution in [3.05, 3.63) is 18.2 Å². The first-order chi connectivity index (χ1) is 7.54. The van der Waals surface area contributed by atoms with Crippen molar-refractivity contribution < 1.29 is 4.74 Å². The summed E-state index contributed by atoms with van der Waals surface area (Å²) in [4.78, 5) is 6.47. The van der Waals surface area contributed by atoms with Gasteiger partial charge in [-0.25, -0.2) is 4.98 Å². The second-order valence-corrected chi connectivity index (χ2v) is 4.15. The molecule has 0 amide bonds. The molecule has 0 bridgehead atoms. The molecule has 4 nitrogen and oxygen atoms in total. The fourth-order valence-electron chi connectivity index (χ4n) is 1.31. The minimum Gasteiger partial charge on any atom is -0.380 e. The van der Waals surface area contributed by atoms with Gasteiger partial charge >= 0.3 is 0 Å². The van der Waals surface area contributed by atoms with E-state index in [0.717, 1.165) is 11.6 Å². The average Bonchev–Trinajstić information content (AvgIpc) is 2.28. The topological polar surface area (TPSA) is 37.4 Å². The SMILES string of the molecule is COC(C)C(C)Nc1cccc(N(C)C)n1. The zero-order valence-electron chi connectivity index (χ0n) is 10.7. The highest BCUT2D eigenvalue weighted by Crippen LogP contribution is 2.13. The summed E-state index contributed by atoms with van der Waals surface area (Å²) in [5, 5.41) is 3.33. The highest BCUT2D eigenvalue weighted by atomic mass is 16.5. The van der Waals surface area contributed by atoms with Crippen molar-refractivity contribution in [1.82, 2.24) is 4.98 Å². The first kappa shape index (κ1) is 12.8. The minimum atomic E-state index is 0.157. The number of nitrogens with zero attached hydrogens (tertiary/aromatic N) is 2. The molecule has 1 N–H and O–H groups in total. The quantitative estimate of drug-likeness (QED) is 0.828. The number of nitrogens with one attached hydrogen (secondary N) is 1. The number of methoxy groups -OCH3 is 1. The summed E-state index contributed by atoms with van der Waals surface area (Å²) >= 11 is 0. The van der Waals surface area contributed by atoms with E-state index in [4.69, 9.17) is 4.74 Å². The third kappa shape index (κ3) is 3.38. The molecule has 2 atom stereocenters. The van der Waals surface area contributed by atoms with Crippen LogP contribution in [0.3, 0.4) is 0 Å². The second-order valence-electron chi connectivity index (χ2n) is 4.15. The van der Waals surface area contributed by atoms with Gasteiger partial charge in [-0.1, -0.05) is 6.07 Å². The molecule has 1 aromatic heterocycles. The number of aromatic nitrogens is 1. The third-order valence-corrected chi connectivity index (χ3v) is 2.64. The second kappa shape index (κ2) is 5.70. The average molecular weight is 223 g/mol. The Morgan fingerprint density at radius 2 is 2.00 bits per heavy atom. The van der Waals surface area contributed by atoms with E-state index in [9.17, 15) is 0 Å². The van der Waals surface area contributed by atoms with Crippen molar-refractivity contribution >= 4 is 11.6 Å². The van der Waals surface area contributed by atoms with E-state index in [2.05, 4.69) is 17.2 Å². The standard InChI is InChI=1S/C12H21N3O/c1-9(10(2)16-5)13-11-7-6-8-12(14-11)15(3)4/h6-10H,1-5H3,(H,13,14). The van der Waals surface area contributed by atoms with E-state index < -0.39 is 0 Å². The molecule has 16 heavy (non-hydrogen) atoms. The van der Waals surface area contributed by atoms with Gasteiger partial charge in [0.05, 0.1) is 12.1 Å². The van der Waals surface area contributed by atoms with Crippen molar-refractivity contribution in [3.63, 3.8) is 0 Å². The maximum absolute atomic E-state index is 5.26. The summed E-state index contributed by atoms with van der Waals surface area (Å²) < 4.78 is 5.26. The van der Waals surface area contributed by atoms with Gasteiger partial charge in [0, 0.05) is 21.2 Å². The highest BCUT2D eigenvalue weighted by Gasteiger charge is 2.11. The summed E-state index contributed by atoms with van der Waals surface area (Å²) in [5.74, 6) is 1.82. The number of anilines is 2. The van der Waals surface area contributed by atoms with Gasteiger partial charge < -0.3 is 15.0 Å². The number of ether oxygens (including phenoxy) is 1. The molecule has 2 unspecified atom stereocenters. The molecular formula is C12H21N3O. The van der Waals surface area contributed by atoms with Gasteiger partial charge in [0.2, 0.25) is 0 Å². The number of hydrogen-bond donors (Lipinski definition) is 1. The van der Waals surface area contributed by atoms with Crippen molar-refractivity contribution in [2.75, 3.05) is 31.4 Å². The van der Waals surface area contributed by atoms with E-state index in [1.807, 2.05) is 44.1 Å². The van der Waals surface area contributed by atoms with Crippen molar-refractivity contribution in [1.29, 1.82) is 0 Å². The predicted molar refractivity (Wildman–Crippen MR) is 68.1 cm³/mol. The van der Waals surface area contributed by atoms with E-state index in [1.54, 1.807) is 7.11 Å². The molecule has 0 aliphatic carbocycles. The Bertz CT molecular complexity index is 328. The number of rotatable bonds is 5. The highest BCUT2D eigenvalue weighted by molar-refractivity contribution is 5.46. The zero-order valence-corrected chi connectivity index (χ0v) is 10.7. The molecule has 0 saturated heterocycles. The van der Waals surface area contributed by atoms with Crippen molar-refractivity contribution in [2.24, 2.45) is 0 Å². The van der Waals surface area contributed by atoms with Crippen LogP contribution in [0.4, 0.5) is 11.6 Å². The maximum Gasteiger partial charge on any atom is 0.130 e. The lowest BCUT2D eigenvalue weighted by Gasteiger charge is -2.21. The Morgan fingerprint density at radius 1 is 1.31 bits per heavy atom. The Balaban J connectivity index is 2.70. The lowest BCUT2D eigenvalue weighted by molar-refractivity contribution is 0.106. The van der Waals surface area contributed by atoms with Gasteiger partial charge in [-0.3, -0.25) is 0 Å². The molecule has 0 aromatic carbocycles. The molecule has 0 radical (unpaired) electrons. The minimum absolute atomic E-state index is 0.157. The van der Waals surface area contributed by atoms with Crippen LogP contribution in [0.5, 0.6) is 0 Å². The fourth-order valence-corrected chi connectivity index (χ4v) is 1.31. The van der Waals surface area contributed by atoms with Crippen LogP contribution < -0.4 is 10.2 Å². The van der Waals surface area contributed by atoms with Crippen LogP contribution >= 0.6 is 0 Å². The first-order valence-electron chi connectivity index (χ1n) is 5.48. The normalized spacial score (nSPS) is 14.3.